The van der Waals surface area contributed by atoms with E-state index in [4.69, 9.17) is 4.74 Å². The van der Waals surface area contributed by atoms with Crippen LogP contribution in [0, 0.1) is 5.41 Å². The fraction of sp³-hybridized carbons (Fsp3) is 0.250. The summed E-state index contributed by atoms with van der Waals surface area (Å²) in [5.41, 5.74) is 1.04. The van der Waals surface area contributed by atoms with Crippen molar-refractivity contribution in [2.75, 3.05) is 6.61 Å². The monoisotopic (exact) mass is 441 g/mol. The molecule has 1 aliphatic rings. The van der Waals surface area contributed by atoms with Crippen LogP contribution in [0.25, 0.3) is 0 Å². The number of likely N-dealkylation sites (tertiary alicyclic amines) is 1. The minimum atomic E-state index is -1.40. The average molecular weight is 442 g/mol. The van der Waals surface area contributed by atoms with E-state index < -0.39 is 5.41 Å². The molecule has 1 aliphatic heterocycles. The molecule has 2 atom stereocenters. The zero-order valence-corrected chi connectivity index (χ0v) is 18.4. The van der Waals surface area contributed by atoms with Crippen LogP contribution in [0.1, 0.15) is 34.3 Å². The lowest BCUT2D eigenvalue weighted by Crippen LogP contribution is -2.41. The van der Waals surface area contributed by atoms with Crippen LogP contribution in [0.4, 0.5) is 0 Å². The van der Waals surface area contributed by atoms with E-state index in [0.29, 0.717) is 25.0 Å². The molecule has 3 aromatic carbocycles. The summed E-state index contributed by atoms with van der Waals surface area (Å²) in [5.74, 6) is -0.607. The zero-order valence-electron chi connectivity index (χ0n) is 18.4. The van der Waals surface area contributed by atoms with Gasteiger partial charge in [-0.15, -0.1) is 0 Å². The van der Waals surface area contributed by atoms with Crippen LogP contribution < -0.4 is 0 Å². The van der Waals surface area contributed by atoms with Crippen LogP contribution in [0.5, 0.6) is 0 Å². The Morgan fingerprint density at radius 2 is 1.48 bits per heavy atom. The highest BCUT2D eigenvalue weighted by molar-refractivity contribution is 6.16. The number of ether oxygens (including phenoxy) is 1. The molecule has 1 amide bonds. The van der Waals surface area contributed by atoms with Gasteiger partial charge in [0.1, 0.15) is 11.7 Å². The Morgan fingerprint density at radius 3 is 2.09 bits per heavy atom. The topological polar surface area (TPSA) is 63.7 Å². The van der Waals surface area contributed by atoms with Gasteiger partial charge in [-0.1, -0.05) is 91.0 Å². The van der Waals surface area contributed by atoms with Crippen molar-refractivity contribution < 1.29 is 19.1 Å². The molecule has 0 aromatic heterocycles. The van der Waals surface area contributed by atoms with Gasteiger partial charge in [-0.05, 0) is 17.5 Å². The summed E-state index contributed by atoms with van der Waals surface area (Å²) in [6, 6.07) is 27.9. The molecule has 5 nitrogen and oxygen atoms in total. The van der Waals surface area contributed by atoms with Gasteiger partial charge in [0.15, 0.2) is 5.78 Å². The van der Waals surface area contributed by atoms with Gasteiger partial charge in [0.05, 0.1) is 19.3 Å². The number of Topliss-reactive ketones (excluding diaryl/α,β-unsaturated/α-hetero) is 1. The second-order valence-electron chi connectivity index (χ2n) is 8.43. The summed E-state index contributed by atoms with van der Waals surface area (Å²) in [5, 5.41) is 0. The van der Waals surface area contributed by atoms with Gasteiger partial charge >= 0.3 is 0 Å². The lowest BCUT2D eigenvalue weighted by Gasteiger charge is -2.26. The standard InChI is InChI=1S/C28H27NO4/c30-17-16-28(26(31)24-14-8-3-9-15-24)18-25(21-33-20-23-12-6-2-7-13-23)29(27(28)32)19-22-10-4-1-5-11-22/h1-15,17,25H,16,18-21H2/t25-,28?/m0/s1. The van der Waals surface area contributed by atoms with Gasteiger partial charge in [0.25, 0.3) is 0 Å². The molecule has 1 heterocycles. The number of nitrogens with zero attached hydrogens (tertiary/aromatic N) is 1. The molecule has 0 aliphatic carbocycles. The average Bonchev–Trinajstić information content (AvgIpc) is 3.12. The van der Waals surface area contributed by atoms with Gasteiger partial charge in [0, 0.05) is 18.5 Å². The van der Waals surface area contributed by atoms with E-state index in [2.05, 4.69) is 0 Å². The SMILES string of the molecule is O=CCC1(C(=O)c2ccccc2)C[C@@H](COCc2ccccc2)N(Cc2ccccc2)C1=O. The summed E-state index contributed by atoms with van der Waals surface area (Å²) in [6.07, 6.45) is 0.798. The normalized spacial score (nSPS) is 20.1. The number of carbonyl (C=O) groups excluding carboxylic acids is 3. The van der Waals surface area contributed by atoms with E-state index in [0.717, 1.165) is 11.1 Å². The van der Waals surface area contributed by atoms with E-state index in [-0.39, 0.29) is 37.2 Å². The minimum absolute atomic E-state index is 0.139. The Kier molecular flexibility index (Phi) is 7.10. The quantitative estimate of drug-likeness (QED) is 0.265. The fourth-order valence-electron chi connectivity index (χ4n) is 4.52. The second kappa shape index (κ2) is 10.4. The van der Waals surface area contributed by atoms with Crippen LogP contribution in [0.15, 0.2) is 91.0 Å². The zero-order chi connectivity index (χ0) is 23.1. The van der Waals surface area contributed by atoms with Crippen LogP contribution in [-0.4, -0.2) is 35.5 Å². The third kappa shape index (κ3) is 4.94. The molecule has 0 bridgehead atoms. The number of amides is 1. The maximum Gasteiger partial charge on any atom is 0.237 e. The fourth-order valence-corrected chi connectivity index (χ4v) is 4.52. The molecular formula is C28H27NO4. The van der Waals surface area contributed by atoms with Gasteiger partial charge in [-0.25, -0.2) is 0 Å². The van der Waals surface area contributed by atoms with Crippen molar-refractivity contribution in [3.8, 4) is 0 Å². The molecule has 4 rings (SSSR count). The Hall–Kier alpha value is -3.57. The molecule has 168 valence electrons. The number of benzene rings is 3. The third-order valence-electron chi connectivity index (χ3n) is 6.22. The van der Waals surface area contributed by atoms with Gasteiger partial charge in [-0.2, -0.15) is 0 Å². The highest BCUT2D eigenvalue weighted by atomic mass is 16.5. The molecule has 1 unspecified atom stereocenters. The molecule has 1 fully saturated rings. The molecule has 1 saturated heterocycles. The Labute approximate surface area is 194 Å². The number of hydrogen-bond donors (Lipinski definition) is 0. The van der Waals surface area contributed by atoms with Gasteiger partial charge < -0.3 is 14.4 Å². The smallest absolute Gasteiger partial charge is 0.237 e. The molecule has 5 heteroatoms. The summed E-state index contributed by atoms with van der Waals surface area (Å²) in [4.78, 5) is 40.7. The van der Waals surface area contributed by atoms with Crippen LogP contribution in [-0.2, 0) is 27.5 Å². The molecule has 0 radical (unpaired) electrons. The first-order valence-corrected chi connectivity index (χ1v) is 11.1. The predicted molar refractivity (Wildman–Crippen MR) is 125 cm³/mol. The Morgan fingerprint density at radius 1 is 0.909 bits per heavy atom. The minimum Gasteiger partial charge on any atom is -0.375 e. The first-order chi connectivity index (χ1) is 16.1. The number of aldehydes is 1. The van der Waals surface area contributed by atoms with Crippen molar-refractivity contribution in [2.24, 2.45) is 5.41 Å². The van der Waals surface area contributed by atoms with Crippen molar-refractivity contribution >= 4 is 18.0 Å². The van der Waals surface area contributed by atoms with E-state index in [1.807, 2.05) is 66.7 Å². The number of ketones is 1. The van der Waals surface area contributed by atoms with Crippen molar-refractivity contribution in [1.29, 1.82) is 0 Å². The van der Waals surface area contributed by atoms with Crippen LogP contribution in [0.3, 0.4) is 0 Å². The van der Waals surface area contributed by atoms with E-state index in [9.17, 15) is 14.4 Å². The summed E-state index contributed by atoms with van der Waals surface area (Å²) in [6.45, 7) is 1.07. The number of hydrogen-bond acceptors (Lipinski definition) is 4. The molecule has 33 heavy (non-hydrogen) atoms. The Balaban J connectivity index is 1.61. The molecule has 0 saturated carbocycles. The molecular weight excluding hydrogens is 414 g/mol. The lowest BCUT2D eigenvalue weighted by molar-refractivity contribution is -0.137. The van der Waals surface area contributed by atoms with Crippen LogP contribution >= 0.6 is 0 Å². The highest BCUT2D eigenvalue weighted by Gasteiger charge is 2.56. The summed E-state index contributed by atoms with van der Waals surface area (Å²) in [7, 11) is 0. The van der Waals surface area contributed by atoms with E-state index >= 15 is 0 Å². The maximum atomic E-state index is 13.8. The summed E-state index contributed by atoms with van der Waals surface area (Å²) < 4.78 is 5.98. The van der Waals surface area contributed by atoms with Gasteiger partial charge in [-0.3, -0.25) is 9.59 Å². The number of rotatable bonds is 10. The third-order valence-corrected chi connectivity index (χ3v) is 6.22. The summed E-state index contributed by atoms with van der Waals surface area (Å²) >= 11 is 0. The van der Waals surface area contributed by atoms with Crippen LogP contribution in [0.2, 0.25) is 0 Å². The first-order valence-electron chi connectivity index (χ1n) is 11.1. The molecule has 3 aromatic rings. The van der Waals surface area contributed by atoms with Crippen molar-refractivity contribution in [2.45, 2.75) is 32.0 Å². The van der Waals surface area contributed by atoms with Crippen molar-refractivity contribution in [3.63, 3.8) is 0 Å². The van der Waals surface area contributed by atoms with E-state index in [1.54, 1.807) is 29.2 Å². The maximum absolute atomic E-state index is 13.8. The van der Waals surface area contributed by atoms with Crippen molar-refractivity contribution in [3.05, 3.63) is 108 Å². The Bertz CT molecular complexity index is 1080. The highest BCUT2D eigenvalue weighted by Crippen LogP contribution is 2.42. The van der Waals surface area contributed by atoms with Crippen molar-refractivity contribution in [1.82, 2.24) is 4.90 Å². The largest absolute Gasteiger partial charge is 0.375 e. The van der Waals surface area contributed by atoms with Gasteiger partial charge in [0.2, 0.25) is 5.91 Å². The second-order valence-corrected chi connectivity index (χ2v) is 8.43. The van der Waals surface area contributed by atoms with E-state index in [1.165, 1.54) is 0 Å². The first kappa shape index (κ1) is 22.6. The lowest BCUT2D eigenvalue weighted by atomic mass is 9.75. The molecule has 0 N–H and O–H groups in total. The predicted octanol–water partition coefficient (Wildman–Crippen LogP) is 4.46. The molecule has 0 spiro atoms. The number of carbonyl (C=O) groups is 3.